The lowest BCUT2D eigenvalue weighted by Gasteiger charge is -2.43. The minimum atomic E-state index is 0.244. The molecule has 29 heavy (non-hydrogen) atoms. The van der Waals surface area contributed by atoms with Gasteiger partial charge < -0.3 is 15.2 Å². The van der Waals surface area contributed by atoms with E-state index in [1.54, 1.807) is 0 Å². The number of nitrogens with one attached hydrogen (secondary N) is 2. The van der Waals surface area contributed by atoms with Gasteiger partial charge in [-0.25, -0.2) is 4.98 Å². The summed E-state index contributed by atoms with van der Waals surface area (Å²) in [4.78, 5) is 8.50. The van der Waals surface area contributed by atoms with Crippen LogP contribution in [0.15, 0.2) is 78.3 Å². The summed E-state index contributed by atoms with van der Waals surface area (Å²) in [6.07, 6.45) is 9.40. The van der Waals surface area contributed by atoms with Crippen LogP contribution in [0.3, 0.4) is 0 Å². The Morgan fingerprint density at radius 3 is 2.41 bits per heavy atom. The van der Waals surface area contributed by atoms with E-state index in [0.717, 1.165) is 25.6 Å². The van der Waals surface area contributed by atoms with Gasteiger partial charge in [-0.2, -0.15) is 0 Å². The molecule has 0 radical (unpaired) electrons. The number of imidazole rings is 1. The molecular weight excluding hydrogens is 358 g/mol. The van der Waals surface area contributed by atoms with E-state index in [1.807, 2.05) is 25.8 Å². The molecule has 0 saturated heterocycles. The van der Waals surface area contributed by atoms with Gasteiger partial charge in [-0.3, -0.25) is 4.99 Å². The van der Waals surface area contributed by atoms with Gasteiger partial charge in [0.05, 0.1) is 6.33 Å². The second-order valence-corrected chi connectivity index (χ2v) is 7.83. The molecule has 0 spiro atoms. The molecule has 0 unspecified atom stereocenters. The summed E-state index contributed by atoms with van der Waals surface area (Å²) in [5.74, 6) is 0.856. The van der Waals surface area contributed by atoms with Crippen molar-refractivity contribution in [3.8, 4) is 0 Å². The van der Waals surface area contributed by atoms with Crippen molar-refractivity contribution in [2.45, 2.75) is 37.8 Å². The zero-order valence-corrected chi connectivity index (χ0v) is 17.0. The molecule has 1 fully saturated rings. The van der Waals surface area contributed by atoms with Crippen LogP contribution in [0.5, 0.6) is 0 Å². The number of guanidine groups is 1. The molecule has 1 saturated carbocycles. The number of aliphatic imine (C=N–C) groups is 1. The van der Waals surface area contributed by atoms with Crippen molar-refractivity contribution in [1.82, 2.24) is 20.2 Å². The third kappa shape index (κ3) is 4.67. The Hall–Kier alpha value is -3.08. The lowest BCUT2D eigenvalue weighted by Crippen LogP contribution is -2.48. The monoisotopic (exact) mass is 387 g/mol. The Morgan fingerprint density at radius 1 is 1.03 bits per heavy atom. The van der Waals surface area contributed by atoms with E-state index < -0.39 is 0 Å². The van der Waals surface area contributed by atoms with Gasteiger partial charge in [0.15, 0.2) is 5.96 Å². The predicted octanol–water partition coefficient (Wildman–Crippen LogP) is 3.72. The van der Waals surface area contributed by atoms with Crippen molar-refractivity contribution >= 4 is 5.96 Å². The molecule has 0 bridgehead atoms. The van der Waals surface area contributed by atoms with Crippen LogP contribution in [0, 0.1) is 0 Å². The standard InChI is InChI=1S/C24H29N5/c1-25-23(28-18-24(12-5-13-24)22-6-3-2-4-7-22)27-16-20-8-10-21(11-9-20)17-29-15-14-26-19-29/h2-4,6-11,14-15,19H,5,12-13,16-18H2,1H3,(H2,25,27,28). The van der Waals surface area contributed by atoms with Crippen molar-refractivity contribution in [1.29, 1.82) is 0 Å². The molecule has 1 aromatic heterocycles. The summed E-state index contributed by atoms with van der Waals surface area (Å²) in [6.45, 7) is 2.52. The van der Waals surface area contributed by atoms with Gasteiger partial charge in [-0.15, -0.1) is 0 Å². The molecule has 2 aromatic carbocycles. The third-order valence-corrected chi connectivity index (χ3v) is 5.92. The smallest absolute Gasteiger partial charge is 0.191 e. The van der Waals surface area contributed by atoms with E-state index in [9.17, 15) is 0 Å². The first-order valence-corrected chi connectivity index (χ1v) is 10.3. The van der Waals surface area contributed by atoms with E-state index in [4.69, 9.17) is 0 Å². The molecule has 5 nitrogen and oxygen atoms in total. The van der Waals surface area contributed by atoms with Gasteiger partial charge in [0.1, 0.15) is 0 Å². The molecule has 3 aromatic rings. The van der Waals surface area contributed by atoms with Crippen LogP contribution in [0.25, 0.3) is 0 Å². The lowest BCUT2D eigenvalue weighted by atomic mass is 9.64. The zero-order valence-electron chi connectivity index (χ0n) is 17.0. The first-order valence-electron chi connectivity index (χ1n) is 10.3. The SMILES string of the molecule is CN=C(NCc1ccc(Cn2ccnc2)cc1)NCC1(c2ccccc2)CCC1. The fourth-order valence-electron chi connectivity index (χ4n) is 3.98. The molecule has 0 aliphatic heterocycles. The van der Waals surface area contributed by atoms with Gasteiger partial charge in [0.25, 0.3) is 0 Å². The Bertz CT molecular complexity index is 910. The van der Waals surface area contributed by atoms with Gasteiger partial charge in [-0.05, 0) is 29.5 Å². The molecule has 1 aliphatic rings. The summed E-state index contributed by atoms with van der Waals surface area (Å²) in [5.41, 5.74) is 4.18. The van der Waals surface area contributed by atoms with Crippen molar-refractivity contribution in [3.63, 3.8) is 0 Å². The fourth-order valence-corrected chi connectivity index (χ4v) is 3.98. The Balaban J connectivity index is 1.29. The first kappa shape index (κ1) is 19.2. The maximum Gasteiger partial charge on any atom is 0.191 e. The number of nitrogens with zero attached hydrogens (tertiary/aromatic N) is 3. The summed E-state index contributed by atoms with van der Waals surface area (Å²) in [7, 11) is 1.83. The van der Waals surface area contributed by atoms with Crippen molar-refractivity contribution < 1.29 is 0 Å². The fraction of sp³-hybridized carbons (Fsp3) is 0.333. The van der Waals surface area contributed by atoms with E-state index in [0.29, 0.717) is 0 Å². The predicted molar refractivity (Wildman–Crippen MR) is 118 cm³/mol. The number of benzene rings is 2. The molecule has 1 heterocycles. The van der Waals surface area contributed by atoms with Crippen LogP contribution in [-0.2, 0) is 18.5 Å². The summed E-state index contributed by atoms with van der Waals surface area (Å²) >= 11 is 0. The highest BCUT2D eigenvalue weighted by atomic mass is 15.2. The van der Waals surface area contributed by atoms with Crippen LogP contribution < -0.4 is 10.6 Å². The molecule has 5 heteroatoms. The number of hydrogen-bond acceptors (Lipinski definition) is 2. The van der Waals surface area contributed by atoms with Gasteiger partial charge in [0, 0.05) is 44.5 Å². The van der Waals surface area contributed by atoms with Gasteiger partial charge in [0.2, 0.25) is 0 Å². The van der Waals surface area contributed by atoms with Gasteiger partial charge >= 0.3 is 0 Å². The van der Waals surface area contributed by atoms with Gasteiger partial charge in [-0.1, -0.05) is 61.0 Å². The van der Waals surface area contributed by atoms with Crippen molar-refractivity contribution in [2.24, 2.45) is 4.99 Å². The second-order valence-electron chi connectivity index (χ2n) is 7.83. The van der Waals surface area contributed by atoms with Crippen molar-refractivity contribution in [2.75, 3.05) is 13.6 Å². The van der Waals surface area contributed by atoms with Crippen LogP contribution in [-0.4, -0.2) is 29.1 Å². The minimum Gasteiger partial charge on any atom is -0.356 e. The summed E-state index contributed by atoms with van der Waals surface area (Å²) < 4.78 is 2.07. The topological polar surface area (TPSA) is 54.2 Å². The highest BCUT2D eigenvalue weighted by Gasteiger charge is 2.38. The maximum atomic E-state index is 4.41. The highest BCUT2D eigenvalue weighted by Crippen LogP contribution is 2.43. The quantitative estimate of drug-likeness (QED) is 0.480. The average Bonchev–Trinajstić information content (AvgIpc) is 3.24. The van der Waals surface area contributed by atoms with E-state index >= 15 is 0 Å². The Kier molecular flexibility index (Phi) is 5.94. The largest absolute Gasteiger partial charge is 0.356 e. The number of rotatable bonds is 7. The molecule has 4 rings (SSSR count). The molecular formula is C24H29N5. The minimum absolute atomic E-state index is 0.244. The van der Waals surface area contributed by atoms with E-state index in [2.05, 4.69) is 79.8 Å². The molecule has 0 atom stereocenters. The molecule has 2 N–H and O–H groups in total. The summed E-state index contributed by atoms with van der Waals surface area (Å²) in [6, 6.07) is 19.6. The number of hydrogen-bond donors (Lipinski definition) is 2. The summed E-state index contributed by atoms with van der Waals surface area (Å²) in [5, 5.41) is 7.00. The number of aromatic nitrogens is 2. The Morgan fingerprint density at radius 2 is 1.79 bits per heavy atom. The second kappa shape index (κ2) is 8.95. The van der Waals surface area contributed by atoms with E-state index in [1.165, 1.54) is 36.0 Å². The van der Waals surface area contributed by atoms with Crippen molar-refractivity contribution in [3.05, 3.63) is 90.0 Å². The maximum absolute atomic E-state index is 4.41. The third-order valence-electron chi connectivity index (χ3n) is 5.92. The molecule has 1 aliphatic carbocycles. The van der Waals surface area contributed by atoms with Crippen LogP contribution in [0.4, 0.5) is 0 Å². The van der Waals surface area contributed by atoms with Crippen LogP contribution in [0.2, 0.25) is 0 Å². The highest BCUT2D eigenvalue weighted by molar-refractivity contribution is 5.79. The first-order chi connectivity index (χ1) is 14.3. The normalized spacial score (nSPS) is 15.6. The lowest BCUT2D eigenvalue weighted by molar-refractivity contribution is 0.244. The van der Waals surface area contributed by atoms with E-state index in [-0.39, 0.29) is 5.41 Å². The van der Waals surface area contributed by atoms with Crippen LogP contribution >= 0.6 is 0 Å². The van der Waals surface area contributed by atoms with Crippen LogP contribution in [0.1, 0.15) is 36.0 Å². The Labute approximate surface area is 172 Å². The molecule has 0 amide bonds. The zero-order chi connectivity index (χ0) is 19.9. The average molecular weight is 388 g/mol. The molecule has 150 valence electrons.